The number of carbonyl (C=O) groups excluding carboxylic acids is 3. The molecule has 0 unspecified atom stereocenters. The first-order valence-corrected chi connectivity index (χ1v) is 8.58. The molecule has 0 aliphatic heterocycles. The summed E-state index contributed by atoms with van der Waals surface area (Å²) in [4.78, 5) is 35.4. The fourth-order valence-electron chi connectivity index (χ4n) is 2.08. The number of hydrogen-bond acceptors (Lipinski definition) is 5. The lowest BCUT2D eigenvalue weighted by atomic mass is 10.2. The van der Waals surface area contributed by atoms with Crippen molar-refractivity contribution < 1.29 is 23.9 Å². The number of rotatable bonds is 8. The summed E-state index contributed by atoms with van der Waals surface area (Å²) in [5, 5.41) is 5.60. The van der Waals surface area contributed by atoms with Crippen LogP contribution >= 0.6 is 11.6 Å². The van der Waals surface area contributed by atoms with Gasteiger partial charge in [0.15, 0.2) is 13.2 Å². The molecule has 2 N–H and O–H groups in total. The number of ether oxygens (including phenoxy) is 2. The second kappa shape index (κ2) is 10.2. The van der Waals surface area contributed by atoms with Crippen molar-refractivity contribution in [1.82, 2.24) is 5.32 Å². The summed E-state index contributed by atoms with van der Waals surface area (Å²) in [7, 11) is 0. The topological polar surface area (TPSA) is 93.7 Å². The van der Waals surface area contributed by atoms with E-state index in [-0.39, 0.29) is 12.5 Å². The van der Waals surface area contributed by atoms with Crippen LogP contribution in [0.2, 0.25) is 5.02 Å². The van der Waals surface area contributed by atoms with Gasteiger partial charge in [0.2, 0.25) is 0 Å². The Morgan fingerprint density at radius 3 is 2.56 bits per heavy atom. The molecule has 0 aromatic heterocycles. The fraction of sp³-hybridized carbons (Fsp3) is 0.211. The summed E-state index contributed by atoms with van der Waals surface area (Å²) in [6.07, 6.45) is 0. The Hall–Kier alpha value is -3.06. The molecule has 7 nitrogen and oxygen atoms in total. The lowest BCUT2D eigenvalue weighted by molar-refractivity contribution is -0.149. The zero-order valence-electron chi connectivity index (χ0n) is 14.7. The number of amides is 2. The van der Waals surface area contributed by atoms with Gasteiger partial charge in [-0.1, -0.05) is 29.8 Å². The highest BCUT2D eigenvalue weighted by Crippen LogP contribution is 2.22. The second-order valence-electron chi connectivity index (χ2n) is 5.37. The largest absolute Gasteiger partial charge is 0.480 e. The van der Waals surface area contributed by atoms with Gasteiger partial charge in [0, 0.05) is 17.8 Å². The van der Waals surface area contributed by atoms with Gasteiger partial charge in [-0.2, -0.15) is 0 Å². The van der Waals surface area contributed by atoms with E-state index in [0.717, 1.165) is 0 Å². The van der Waals surface area contributed by atoms with E-state index in [1.54, 1.807) is 42.5 Å². The summed E-state index contributed by atoms with van der Waals surface area (Å²) in [5.41, 5.74) is 0.840. The molecule has 0 aliphatic rings. The Morgan fingerprint density at radius 2 is 1.81 bits per heavy atom. The highest BCUT2D eigenvalue weighted by atomic mass is 35.5. The number of esters is 1. The minimum absolute atomic E-state index is 0.239. The van der Waals surface area contributed by atoms with Gasteiger partial charge in [-0.3, -0.25) is 9.59 Å². The minimum atomic E-state index is -0.707. The van der Waals surface area contributed by atoms with Crippen LogP contribution < -0.4 is 15.4 Å². The first kappa shape index (κ1) is 20.3. The summed E-state index contributed by atoms with van der Waals surface area (Å²) in [6, 6.07) is 13.1. The van der Waals surface area contributed by atoms with Crippen molar-refractivity contribution in [3.05, 3.63) is 59.1 Å². The maximum Gasteiger partial charge on any atom is 0.344 e. The molecule has 2 rings (SSSR count). The van der Waals surface area contributed by atoms with Crippen LogP contribution in [-0.4, -0.2) is 37.5 Å². The van der Waals surface area contributed by atoms with Crippen molar-refractivity contribution in [3.63, 3.8) is 0 Å². The molecule has 8 heteroatoms. The van der Waals surface area contributed by atoms with E-state index in [2.05, 4.69) is 10.6 Å². The average molecular weight is 391 g/mol. The number of halogens is 1. The predicted octanol–water partition coefficient (Wildman–Crippen LogP) is 2.65. The van der Waals surface area contributed by atoms with Crippen LogP contribution in [0, 0.1) is 0 Å². The first-order valence-electron chi connectivity index (χ1n) is 8.20. The van der Waals surface area contributed by atoms with Crippen LogP contribution in [-0.2, 0) is 14.3 Å². The fourth-order valence-corrected chi connectivity index (χ4v) is 2.27. The molecule has 0 radical (unpaired) electrons. The normalized spacial score (nSPS) is 10.0. The lowest BCUT2D eigenvalue weighted by Gasteiger charge is -2.09. The third-order valence-corrected chi connectivity index (χ3v) is 3.60. The molecule has 0 fully saturated rings. The number of carbonyl (C=O) groups is 3. The zero-order valence-corrected chi connectivity index (χ0v) is 15.4. The van der Waals surface area contributed by atoms with E-state index in [0.29, 0.717) is 28.6 Å². The summed E-state index contributed by atoms with van der Waals surface area (Å²) in [5.74, 6) is -1.13. The summed E-state index contributed by atoms with van der Waals surface area (Å²) in [6.45, 7) is 1.47. The van der Waals surface area contributed by atoms with Crippen LogP contribution in [0.3, 0.4) is 0 Å². The molecule has 0 aliphatic carbocycles. The smallest absolute Gasteiger partial charge is 0.344 e. The van der Waals surface area contributed by atoms with E-state index in [1.807, 2.05) is 6.92 Å². The van der Waals surface area contributed by atoms with Crippen molar-refractivity contribution >= 4 is 35.1 Å². The molecule has 27 heavy (non-hydrogen) atoms. The molecule has 0 atom stereocenters. The number of para-hydroxylation sites is 1. The molecule has 0 saturated carbocycles. The van der Waals surface area contributed by atoms with Gasteiger partial charge in [-0.05, 0) is 37.3 Å². The Morgan fingerprint density at radius 1 is 1.04 bits per heavy atom. The van der Waals surface area contributed by atoms with Gasteiger partial charge < -0.3 is 20.1 Å². The maximum absolute atomic E-state index is 11.9. The van der Waals surface area contributed by atoms with Gasteiger partial charge in [0.05, 0.1) is 5.02 Å². The molecular weight excluding hydrogens is 372 g/mol. The number of anilines is 1. The van der Waals surface area contributed by atoms with Gasteiger partial charge in [-0.25, -0.2) is 4.79 Å². The standard InChI is InChI=1S/C19H19ClN2O5/c1-2-21-19(25)13-6-5-7-14(10-13)22-17(23)11-27-18(24)12-26-16-9-4-3-8-15(16)20/h3-10H,2,11-12H2,1H3,(H,21,25)(H,22,23). The van der Waals surface area contributed by atoms with Gasteiger partial charge in [0.25, 0.3) is 11.8 Å². The van der Waals surface area contributed by atoms with Crippen LogP contribution in [0.15, 0.2) is 48.5 Å². The van der Waals surface area contributed by atoms with Gasteiger partial charge >= 0.3 is 5.97 Å². The van der Waals surface area contributed by atoms with Crippen LogP contribution in [0.5, 0.6) is 5.75 Å². The zero-order chi connectivity index (χ0) is 19.6. The second-order valence-corrected chi connectivity index (χ2v) is 5.78. The molecule has 0 spiro atoms. The summed E-state index contributed by atoms with van der Waals surface area (Å²) < 4.78 is 10.1. The lowest BCUT2D eigenvalue weighted by Crippen LogP contribution is -2.24. The van der Waals surface area contributed by atoms with Gasteiger partial charge in [0.1, 0.15) is 5.75 Å². The van der Waals surface area contributed by atoms with E-state index in [9.17, 15) is 14.4 Å². The highest BCUT2D eigenvalue weighted by molar-refractivity contribution is 6.32. The average Bonchev–Trinajstić information content (AvgIpc) is 2.66. The van der Waals surface area contributed by atoms with Crippen LogP contribution in [0.1, 0.15) is 17.3 Å². The van der Waals surface area contributed by atoms with E-state index < -0.39 is 18.5 Å². The Labute approximate surface area is 161 Å². The molecule has 2 aromatic carbocycles. The van der Waals surface area contributed by atoms with E-state index >= 15 is 0 Å². The molecular formula is C19H19ClN2O5. The molecule has 142 valence electrons. The molecule has 0 saturated heterocycles. The van der Waals surface area contributed by atoms with Crippen molar-refractivity contribution in [2.45, 2.75) is 6.92 Å². The highest BCUT2D eigenvalue weighted by Gasteiger charge is 2.11. The van der Waals surface area contributed by atoms with Crippen molar-refractivity contribution in [2.75, 3.05) is 25.1 Å². The molecule has 2 aromatic rings. The predicted molar refractivity (Wildman–Crippen MR) is 101 cm³/mol. The number of benzene rings is 2. The monoisotopic (exact) mass is 390 g/mol. The molecule has 0 bridgehead atoms. The van der Waals surface area contributed by atoms with Crippen LogP contribution in [0.4, 0.5) is 5.69 Å². The van der Waals surface area contributed by atoms with Crippen LogP contribution in [0.25, 0.3) is 0 Å². The third-order valence-electron chi connectivity index (χ3n) is 3.29. The first-order chi connectivity index (χ1) is 13.0. The minimum Gasteiger partial charge on any atom is -0.480 e. The summed E-state index contributed by atoms with van der Waals surface area (Å²) >= 11 is 5.91. The molecule has 2 amide bonds. The Bertz CT molecular complexity index is 825. The van der Waals surface area contributed by atoms with Gasteiger partial charge in [-0.15, -0.1) is 0 Å². The number of nitrogens with one attached hydrogen (secondary N) is 2. The van der Waals surface area contributed by atoms with E-state index in [4.69, 9.17) is 21.1 Å². The van der Waals surface area contributed by atoms with E-state index in [1.165, 1.54) is 6.07 Å². The Balaban J connectivity index is 1.79. The molecule has 0 heterocycles. The van der Waals surface area contributed by atoms with Crippen molar-refractivity contribution in [2.24, 2.45) is 0 Å². The maximum atomic E-state index is 11.9. The van der Waals surface area contributed by atoms with Crippen molar-refractivity contribution in [1.29, 1.82) is 0 Å². The quantitative estimate of drug-likeness (QED) is 0.676. The SMILES string of the molecule is CCNC(=O)c1cccc(NC(=O)COC(=O)COc2ccccc2Cl)c1. The third kappa shape index (κ3) is 6.63. The van der Waals surface area contributed by atoms with Crippen molar-refractivity contribution in [3.8, 4) is 5.75 Å². The number of hydrogen-bond donors (Lipinski definition) is 2. The Kier molecular flexibility index (Phi) is 7.63.